The molecule has 2 aromatic rings. The monoisotopic (exact) mass is 275 g/mol. The van der Waals surface area contributed by atoms with Gasteiger partial charge in [-0.3, -0.25) is 14.8 Å². The van der Waals surface area contributed by atoms with Crippen LogP contribution in [0.3, 0.4) is 0 Å². The van der Waals surface area contributed by atoms with Gasteiger partial charge >= 0.3 is 0 Å². The number of aryl methyl sites for hydroxylation is 1. The Balaban J connectivity index is 2.13. The average molecular weight is 275 g/mol. The third-order valence-corrected chi connectivity index (χ3v) is 3.38. The minimum absolute atomic E-state index is 0.00778. The quantitative estimate of drug-likeness (QED) is 0.665. The van der Waals surface area contributed by atoms with Crippen molar-refractivity contribution in [2.45, 2.75) is 26.4 Å². The van der Waals surface area contributed by atoms with E-state index in [0.29, 0.717) is 12.1 Å². The Morgan fingerprint density at radius 3 is 2.85 bits per heavy atom. The van der Waals surface area contributed by atoms with Crippen LogP contribution in [0.4, 0.5) is 5.69 Å². The fourth-order valence-corrected chi connectivity index (χ4v) is 2.14. The molecule has 0 spiro atoms. The lowest BCUT2D eigenvalue weighted by molar-refractivity contribution is -0.385. The van der Waals surface area contributed by atoms with Crippen molar-refractivity contribution in [2.75, 3.05) is 0 Å². The van der Waals surface area contributed by atoms with E-state index in [0.717, 1.165) is 11.4 Å². The van der Waals surface area contributed by atoms with E-state index in [1.165, 1.54) is 12.4 Å². The van der Waals surface area contributed by atoms with Crippen LogP contribution in [0.15, 0.2) is 24.5 Å². The summed E-state index contributed by atoms with van der Waals surface area (Å²) < 4.78 is 1.69. The van der Waals surface area contributed by atoms with Crippen molar-refractivity contribution in [1.29, 1.82) is 0 Å². The van der Waals surface area contributed by atoms with Gasteiger partial charge in [-0.2, -0.15) is 5.10 Å². The highest BCUT2D eigenvalue weighted by molar-refractivity contribution is 5.45. The molecule has 1 aromatic carbocycles. The molecule has 0 radical (unpaired) electrons. The Morgan fingerprint density at radius 1 is 1.50 bits per heavy atom. The van der Waals surface area contributed by atoms with E-state index in [-0.39, 0.29) is 16.7 Å². The number of rotatable bonds is 5. The lowest BCUT2D eigenvalue weighted by Crippen LogP contribution is -2.21. The van der Waals surface area contributed by atoms with Crippen LogP contribution in [-0.4, -0.2) is 19.7 Å². The zero-order valence-corrected chi connectivity index (χ0v) is 11.7. The molecule has 20 heavy (non-hydrogen) atoms. The topological polar surface area (TPSA) is 85.9 Å². The predicted molar refractivity (Wildman–Crippen MR) is 74.1 cm³/mol. The summed E-state index contributed by atoms with van der Waals surface area (Å²) in [5.74, 6) is 0.819. The molecule has 0 aliphatic carbocycles. The number of aromatic nitrogens is 3. The molecular formula is C13H17N5O2. The summed E-state index contributed by atoms with van der Waals surface area (Å²) in [5, 5.41) is 18.3. The second kappa shape index (κ2) is 5.79. The number of nitrogens with one attached hydrogen (secondary N) is 1. The van der Waals surface area contributed by atoms with Crippen LogP contribution in [0, 0.1) is 17.0 Å². The number of nitro benzene ring substituents is 1. The third kappa shape index (κ3) is 2.83. The van der Waals surface area contributed by atoms with E-state index in [4.69, 9.17) is 0 Å². The molecule has 0 saturated heterocycles. The van der Waals surface area contributed by atoms with E-state index in [9.17, 15) is 10.1 Å². The third-order valence-electron chi connectivity index (χ3n) is 3.38. The van der Waals surface area contributed by atoms with Crippen molar-refractivity contribution >= 4 is 5.69 Å². The second-order valence-corrected chi connectivity index (χ2v) is 4.65. The Bertz CT molecular complexity index is 623. The SMILES string of the molecule is Cc1c([C@H](C)NCc2ncnn2C)cccc1[N+](=O)[O-]. The van der Waals surface area contributed by atoms with Gasteiger partial charge in [0.1, 0.15) is 12.2 Å². The molecular weight excluding hydrogens is 258 g/mol. The van der Waals surface area contributed by atoms with Gasteiger partial charge in [-0.05, 0) is 19.4 Å². The Labute approximate surface area is 116 Å². The normalized spacial score (nSPS) is 12.3. The minimum Gasteiger partial charge on any atom is -0.303 e. The van der Waals surface area contributed by atoms with Crippen molar-refractivity contribution in [1.82, 2.24) is 20.1 Å². The molecule has 7 nitrogen and oxygen atoms in total. The van der Waals surface area contributed by atoms with E-state index in [1.807, 2.05) is 20.0 Å². The van der Waals surface area contributed by atoms with Gasteiger partial charge in [0.2, 0.25) is 0 Å². The van der Waals surface area contributed by atoms with Crippen LogP contribution in [0.5, 0.6) is 0 Å². The van der Waals surface area contributed by atoms with Gasteiger partial charge in [-0.1, -0.05) is 12.1 Å². The zero-order chi connectivity index (χ0) is 14.7. The van der Waals surface area contributed by atoms with Crippen molar-refractivity contribution < 1.29 is 4.92 Å². The van der Waals surface area contributed by atoms with Crippen LogP contribution in [-0.2, 0) is 13.6 Å². The first-order chi connectivity index (χ1) is 9.50. The van der Waals surface area contributed by atoms with Crippen LogP contribution < -0.4 is 5.32 Å². The standard InChI is InChI=1S/C13H17N5O2/c1-9-11(5-4-6-12(9)18(19)20)10(2)14-7-13-15-8-16-17(13)3/h4-6,8,10,14H,7H2,1-3H3/t10-/m0/s1. The Hall–Kier alpha value is -2.28. The summed E-state index contributed by atoms with van der Waals surface area (Å²) in [6.07, 6.45) is 1.50. The largest absolute Gasteiger partial charge is 0.303 e. The zero-order valence-electron chi connectivity index (χ0n) is 11.7. The number of hydrogen-bond acceptors (Lipinski definition) is 5. The second-order valence-electron chi connectivity index (χ2n) is 4.65. The number of hydrogen-bond donors (Lipinski definition) is 1. The molecule has 1 N–H and O–H groups in total. The summed E-state index contributed by atoms with van der Waals surface area (Å²) in [6.45, 7) is 4.30. The molecule has 0 amide bonds. The Morgan fingerprint density at radius 2 is 2.25 bits per heavy atom. The molecule has 0 aliphatic heterocycles. The summed E-state index contributed by atoms with van der Waals surface area (Å²) in [5.41, 5.74) is 1.76. The smallest absolute Gasteiger partial charge is 0.272 e. The summed E-state index contributed by atoms with van der Waals surface area (Å²) in [6, 6.07) is 5.12. The van der Waals surface area contributed by atoms with Crippen molar-refractivity contribution in [3.8, 4) is 0 Å². The number of benzene rings is 1. The van der Waals surface area contributed by atoms with E-state index < -0.39 is 0 Å². The average Bonchev–Trinajstić information content (AvgIpc) is 2.81. The van der Waals surface area contributed by atoms with Crippen molar-refractivity contribution in [3.05, 3.63) is 51.6 Å². The van der Waals surface area contributed by atoms with Gasteiger partial charge in [-0.15, -0.1) is 0 Å². The molecule has 2 rings (SSSR count). The molecule has 1 heterocycles. The fraction of sp³-hybridized carbons (Fsp3) is 0.385. The minimum atomic E-state index is -0.353. The summed E-state index contributed by atoms with van der Waals surface area (Å²) >= 11 is 0. The maximum Gasteiger partial charge on any atom is 0.272 e. The van der Waals surface area contributed by atoms with Crippen LogP contribution in [0.25, 0.3) is 0 Å². The summed E-state index contributed by atoms with van der Waals surface area (Å²) in [7, 11) is 1.83. The summed E-state index contributed by atoms with van der Waals surface area (Å²) in [4.78, 5) is 14.7. The lowest BCUT2D eigenvalue weighted by Gasteiger charge is -2.16. The maximum atomic E-state index is 10.9. The molecule has 0 fully saturated rings. The molecule has 1 atom stereocenters. The molecule has 0 bridgehead atoms. The van der Waals surface area contributed by atoms with Gasteiger partial charge in [0.25, 0.3) is 5.69 Å². The highest BCUT2D eigenvalue weighted by atomic mass is 16.6. The van der Waals surface area contributed by atoms with E-state index >= 15 is 0 Å². The molecule has 0 unspecified atom stereocenters. The van der Waals surface area contributed by atoms with E-state index in [2.05, 4.69) is 15.4 Å². The van der Waals surface area contributed by atoms with Crippen molar-refractivity contribution in [2.24, 2.45) is 7.05 Å². The van der Waals surface area contributed by atoms with Gasteiger partial charge in [0.05, 0.1) is 11.5 Å². The van der Waals surface area contributed by atoms with Crippen LogP contribution in [0.1, 0.15) is 29.9 Å². The lowest BCUT2D eigenvalue weighted by atomic mass is 10.0. The first-order valence-corrected chi connectivity index (χ1v) is 6.31. The van der Waals surface area contributed by atoms with Gasteiger partial charge in [0.15, 0.2) is 0 Å². The van der Waals surface area contributed by atoms with Gasteiger partial charge < -0.3 is 5.32 Å². The number of nitrogens with zero attached hydrogens (tertiary/aromatic N) is 4. The fourth-order valence-electron chi connectivity index (χ4n) is 2.14. The van der Waals surface area contributed by atoms with Crippen LogP contribution >= 0.6 is 0 Å². The molecule has 7 heteroatoms. The van der Waals surface area contributed by atoms with Crippen LogP contribution in [0.2, 0.25) is 0 Å². The predicted octanol–water partition coefficient (Wildman–Crippen LogP) is 1.88. The van der Waals surface area contributed by atoms with Crippen molar-refractivity contribution in [3.63, 3.8) is 0 Å². The number of nitro groups is 1. The highest BCUT2D eigenvalue weighted by Gasteiger charge is 2.17. The van der Waals surface area contributed by atoms with Gasteiger partial charge in [-0.25, -0.2) is 4.98 Å². The highest BCUT2D eigenvalue weighted by Crippen LogP contribution is 2.25. The molecule has 1 aromatic heterocycles. The Kier molecular flexibility index (Phi) is 4.09. The first-order valence-electron chi connectivity index (χ1n) is 6.31. The first kappa shape index (κ1) is 14.1. The van der Waals surface area contributed by atoms with Gasteiger partial charge in [0, 0.05) is 24.7 Å². The molecule has 106 valence electrons. The maximum absolute atomic E-state index is 10.9. The van der Waals surface area contributed by atoms with E-state index in [1.54, 1.807) is 17.7 Å². The molecule has 0 aliphatic rings. The molecule has 0 saturated carbocycles.